The van der Waals surface area contributed by atoms with E-state index in [9.17, 15) is 26.7 Å². The molecule has 11 nitrogen and oxygen atoms in total. The normalized spacial score (nSPS) is 11.5. The number of anilines is 1. The number of carboxylic acids is 1. The molecule has 0 amide bonds. The Morgan fingerprint density at radius 3 is 1.90 bits per heavy atom. The first-order valence-electron chi connectivity index (χ1n) is 12.4. The molecule has 0 aliphatic heterocycles. The molecule has 228 valence electrons. The smallest absolute Gasteiger partial charge is 0.410 e. The van der Waals surface area contributed by atoms with Crippen LogP contribution in [0.3, 0.4) is 0 Å². The van der Waals surface area contributed by atoms with Crippen molar-refractivity contribution < 1.29 is 49.5 Å². The first-order chi connectivity index (χ1) is 19.9. The molecule has 0 aromatic heterocycles. The predicted molar refractivity (Wildman–Crippen MR) is 155 cm³/mol. The van der Waals surface area contributed by atoms with Crippen molar-refractivity contribution in [3.05, 3.63) is 77.1 Å². The Morgan fingerprint density at radius 2 is 1.36 bits per heavy atom. The van der Waals surface area contributed by atoms with Crippen LogP contribution in [0, 0.1) is 5.82 Å². The average Bonchev–Trinajstić information content (AvgIpc) is 2.94. The van der Waals surface area contributed by atoms with Crippen LogP contribution in [-0.2, 0) is 20.1 Å². The lowest BCUT2D eigenvalue weighted by Gasteiger charge is -2.25. The third-order valence-electron chi connectivity index (χ3n) is 5.83. The maximum Gasteiger partial charge on any atom is 0.410 e. The van der Waals surface area contributed by atoms with E-state index in [-0.39, 0.29) is 31.0 Å². The molecule has 0 heterocycles. The summed E-state index contributed by atoms with van der Waals surface area (Å²) in [5, 5.41) is 8.94. The zero-order chi connectivity index (χ0) is 30.9. The summed E-state index contributed by atoms with van der Waals surface area (Å²) in [6.07, 6.45) is -0.0813. The highest BCUT2D eigenvalue weighted by Gasteiger charge is 2.31. The quantitative estimate of drug-likeness (QED) is 0.219. The molecule has 0 saturated heterocycles. The Kier molecular flexibility index (Phi) is 11.3. The van der Waals surface area contributed by atoms with Gasteiger partial charge in [0.15, 0.2) is 15.7 Å². The molecule has 3 aromatic carbocycles. The van der Waals surface area contributed by atoms with Gasteiger partial charge in [-0.2, -0.15) is 8.42 Å². The fourth-order valence-electron chi connectivity index (χ4n) is 3.75. The van der Waals surface area contributed by atoms with Gasteiger partial charge >= 0.3 is 16.3 Å². The van der Waals surface area contributed by atoms with Crippen LogP contribution in [0.25, 0.3) is 0 Å². The molecule has 0 atom stereocenters. The molecule has 0 unspecified atom stereocenters. The van der Waals surface area contributed by atoms with Crippen LogP contribution in [-0.4, -0.2) is 66.8 Å². The van der Waals surface area contributed by atoms with Crippen molar-refractivity contribution in [3.63, 3.8) is 0 Å². The summed E-state index contributed by atoms with van der Waals surface area (Å²) >= 11 is 5.82. The number of aromatic carboxylic acids is 1. The highest BCUT2D eigenvalue weighted by Crippen LogP contribution is 2.31. The second-order valence-electron chi connectivity index (χ2n) is 8.73. The molecule has 15 heteroatoms. The van der Waals surface area contributed by atoms with Gasteiger partial charge in [0.1, 0.15) is 28.6 Å². The highest BCUT2D eigenvalue weighted by atomic mass is 35.5. The number of sulfone groups is 1. The summed E-state index contributed by atoms with van der Waals surface area (Å²) in [4.78, 5) is 11.6. The third kappa shape index (κ3) is 8.87. The SMILES string of the molecule is COc1ccc(OCCCS(=O)(=O)CCCN(c2ccc(Cl)c(C(=O)O)c2F)S(=O)(=O)Oc2ccc(OC)cc2)cc1. The number of benzene rings is 3. The van der Waals surface area contributed by atoms with Gasteiger partial charge in [-0.15, -0.1) is 0 Å². The number of halogens is 2. The van der Waals surface area contributed by atoms with Crippen molar-refractivity contribution in [2.45, 2.75) is 12.8 Å². The van der Waals surface area contributed by atoms with E-state index in [4.69, 9.17) is 30.0 Å². The van der Waals surface area contributed by atoms with Crippen LogP contribution in [0.5, 0.6) is 23.0 Å². The maximum absolute atomic E-state index is 15.3. The number of hydrogen-bond acceptors (Lipinski definition) is 9. The second-order valence-corrected chi connectivity index (χ2v) is 12.9. The van der Waals surface area contributed by atoms with Crippen LogP contribution >= 0.6 is 11.6 Å². The number of carbonyl (C=O) groups is 1. The van der Waals surface area contributed by atoms with E-state index >= 15 is 4.39 Å². The fraction of sp³-hybridized carbons (Fsp3) is 0.296. The van der Waals surface area contributed by atoms with E-state index in [0.717, 1.165) is 12.1 Å². The van der Waals surface area contributed by atoms with E-state index in [2.05, 4.69) is 0 Å². The number of ether oxygens (including phenoxy) is 3. The van der Waals surface area contributed by atoms with E-state index in [1.54, 1.807) is 24.3 Å². The summed E-state index contributed by atoms with van der Waals surface area (Å²) in [6.45, 7) is -0.423. The zero-order valence-corrected chi connectivity index (χ0v) is 25.0. The van der Waals surface area contributed by atoms with Gasteiger partial charge in [0.25, 0.3) is 0 Å². The molecular weight excluding hydrogens is 617 g/mol. The minimum atomic E-state index is -4.81. The van der Waals surface area contributed by atoms with Crippen molar-refractivity contribution >= 4 is 43.4 Å². The highest BCUT2D eigenvalue weighted by molar-refractivity contribution is 7.91. The van der Waals surface area contributed by atoms with E-state index in [1.807, 2.05) is 0 Å². The van der Waals surface area contributed by atoms with Crippen LogP contribution in [0.15, 0.2) is 60.7 Å². The molecule has 3 aromatic rings. The van der Waals surface area contributed by atoms with E-state index in [0.29, 0.717) is 21.6 Å². The third-order valence-corrected chi connectivity index (χ3v) is 9.29. The Labute approximate surface area is 248 Å². The lowest BCUT2D eigenvalue weighted by Crippen LogP contribution is -2.37. The molecule has 0 radical (unpaired) electrons. The van der Waals surface area contributed by atoms with Gasteiger partial charge in [-0.05, 0) is 73.5 Å². The fourth-order valence-corrected chi connectivity index (χ4v) is 6.49. The monoisotopic (exact) mass is 645 g/mol. The summed E-state index contributed by atoms with van der Waals surface area (Å²) in [5.41, 5.74) is -1.61. The lowest BCUT2D eigenvalue weighted by atomic mass is 10.2. The number of hydrogen-bond donors (Lipinski definition) is 1. The van der Waals surface area contributed by atoms with Gasteiger partial charge in [-0.3, -0.25) is 0 Å². The van der Waals surface area contributed by atoms with Crippen LogP contribution in [0.4, 0.5) is 10.1 Å². The molecule has 0 spiro atoms. The first kappa shape index (κ1) is 32.8. The van der Waals surface area contributed by atoms with Gasteiger partial charge < -0.3 is 23.5 Å². The largest absolute Gasteiger partial charge is 0.497 e. The van der Waals surface area contributed by atoms with Crippen molar-refractivity contribution in [2.75, 3.05) is 43.2 Å². The Hall–Kier alpha value is -3.75. The lowest BCUT2D eigenvalue weighted by molar-refractivity contribution is 0.0692. The van der Waals surface area contributed by atoms with E-state index in [1.165, 1.54) is 38.5 Å². The molecule has 0 aliphatic rings. The Morgan fingerprint density at radius 1 is 0.833 bits per heavy atom. The van der Waals surface area contributed by atoms with Gasteiger partial charge in [-0.25, -0.2) is 21.9 Å². The molecule has 42 heavy (non-hydrogen) atoms. The minimum absolute atomic E-state index is 0.121. The summed E-state index contributed by atoms with van der Waals surface area (Å²) in [5.74, 6) is -2.35. The molecule has 0 aliphatic carbocycles. The topological polar surface area (TPSA) is 146 Å². The molecule has 0 bridgehead atoms. The predicted octanol–water partition coefficient (Wildman–Crippen LogP) is 4.60. The average molecular weight is 646 g/mol. The van der Waals surface area contributed by atoms with Crippen molar-refractivity contribution in [1.29, 1.82) is 0 Å². The molecule has 0 saturated carbocycles. The molecule has 1 N–H and O–H groups in total. The summed E-state index contributed by atoms with van der Waals surface area (Å²) in [7, 11) is -5.52. The van der Waals surface area contributed by atoms with Crippen LogP contribution < -0.4 is 22.7 Å². The first-order valence-corrected chi connectivity index (χ1v) is 16.0. The molecule has 3 rings (SSSR count). The minimum Gasteiger partial charge on any atom is -0.497 e. The van der Waals surface area contributed by atoms with Crippen molar-refractivity contribution in [1.82, 2.24) is 0 Å². The van der Waals surface area contributed by atoms with Gasteiger partial charge in [-0.1, -0.05) is 11.6 Å². The molecule has 0 fully saturated rings. The summed E-state index contributed by atoms with van der Waals surface area (Å²) < 4.78 is 88.3. The van der Waals surface area contributed by atoms with Gasteiger partial charge in [0.05, 0.1) is 43.0 Å². The van der Waals surface area contributed by atoms with Gasteiger partial charge in [0, 0.05) is 6.54 Å². The standard InChI is InChI=1S/C27H29ClFNO10S2/c1-37-19-5-9-21(10-6-19)39-16-4-18-41(33,34)17-3-15-30(24-14-13-23(28)25(26(24)29)27(31)32)42(35,36)40-22-11-7-20(38-2)8-12-22/h5-14H,3-4,15-18H2,1-2H3,(H,31,32). The van der Waals surface area contributed by atoms with Crippen molar-refractivity contribution in [3.8, 4) is 23.0 Å². The van der Waals surface area contributed by atoms with Crippen molar-refractivity contribution in [2.24, 2.45) is 0 Å². The number of nitrogens with zero attached hydrogens (tertiary/aromatic N) is 1. The number of methoxy groups -OCH3 is 2. The Balaban J connectivity index is 1.72. The van der Waals surface area contributed by atoms with Crippen LogP contribution in [0.1, 0.15) is 23.2 Å². The van der Waals surface area contributed by atoms with Gasteiger partial charge in [0.2, 0.25) is 0 Å². The molecular formula is C27H29ClFNO10S2. The van der Waals surface area contributed by atoms with E-state index < -0.39 is 60.5 Å². The second kappa shape index (κ2) is 14.4. The van der Waals surface area contributed by atoms with Crippen LogP contribution in [0.2, 0.25) is 5.02 Å². The number of carboxylic acid groups (broad SMARTS) is 1. The summed E-state index contributed by atoms with van der Waals surface area (Å²) in [6, 6.07) is 14.2. The Bertz CT molecular complexity index is 1580. The maximum atomic E-state index is 15.3. The number of rotatable bonds is 16. The zero-order valence-electron chi connectivity index (χ0n) is 22.7.